The maximum atomic E-state index is 11.9. The van der Waals surface area contributed by atoms with Crippen molar-refractivity contribution >= 4 is 12.0 Å². The van der Waals surface area contributed by atoms with Crippen LogP contribution in [0.15, 0.2) is 0 Å². The van der Waals surface area contributed by atoms with E-state index in [9.17, 15) is 14.7 Å². The van der Waals surface area contributed by atoms with E-state index in [4.69, 9.17) is 0 Å². The Morgan fingerprint density at radius 1 is 1.11 bits per heavy atom. The first-order valence-corrected chi connectivity index (χ1v) is 7.32. The molecule has 1 aliphatic rings. The predicted molar refractivity (Wildman–Crippen MR) is 74.1 cm³/mol. The molecule has 0 aromatic rings. The van der Waals surface area contributed by atoms with E-state index >= 15 is 0 Å². The molecule has 0 unspecified atom stereocenters. The third kappa shape index (κ3) is 4.11. The summed E-state index contributed by atoms with van der Waals surface area (Å²) >= 11 is 0. The molecular weight excluding hydrogens is 244 g/mol. The third-order valence-electron chi connectivity index (χ3n) is 4.14. The van der Waals surface area contributed by atoms with Crippen LogP contribution >= 0.6 is 0 Å². The van der Waals surface area contributed by atoms with Gasteiger partial charge in [-0.1, -0.05) is 25.7 Å². The zero-order valence-electron chi connectivity index (χ0n) is 12.1. The van der Waals surface area contributed by atoms with Gasteiger partial charge in [-0.2, -0.15) is 0 Å². The van der Waals surface area contributed by atoms with Gasteiger partial charge in [0.25, 0.3) is 0 Å². The molecule has 0 aliphatic heterocycles. The predicted octanol–water partition coefficient (Wildman–Crippen LogP) is 2.46. The van der Waals surface area contributed by atoms with Crippen molar-refractivity contribution in [3.63, 3.8) is 0 Å². The van der Waals surface area contributed by atoms with Crippen molar-refractivity contribution < 1.29 is 14.7 Å². The number of nitrogens with zero attached hydrogens (tertiary/aromatic N) is 1. The Morgan fingerprint density at radius 2 is 1.63 bits per heavy atom. The second-order valence-electron chi connectivity index (χ2n) is 5.33. The van der Waals surface area contributed by atoms with E-state index in [2.05, 4.69) is 5.32 Å². The first kappa shape index (κ1) is 15.8. The first-order chi connectivity index (χ1) is 9.05. The minimum atomic E-state index is -0.769. The van der Waals surface area contributed by atoms with Crippen molar-refractivity contribution in [3.05, 3.63) is 0 Å². The van der Waals surface area contributed by atoms with Crippen molar-refractivity contribution in [2.24, 2.45) is 5.41 Å². The highest BCUT2D eigenvalue weighted by Crippen LogP contribution is 2.34. The van der Waals surface area contributed by atoms with Gasteiger partial charge in [0.05, 0.1) is 5.41 Å². The number of carboxylic acid groups (broad SMARTS) is 1. The highest BCUT2D eigenvalue weighted by atomic mass is 16.4. The highest BCUT2D eigenvalue weighted by Gasteiger charge is 2.39. The molecule has 1 rings (SSSR count). The minimum Gasteiger partial charge on any atom is -0.481 e. The highest BCUT2D eigenvalue weighted by molar-refractivity contribution is 5.78. The molecule has 0 heterocycles. The van der Waals surface area contributed by atoms with Gasteiger partial charge >= 0.3 is 12.0 Å². The standard InChI is InChI=1S/C14H26N2O3/c1-3-16(4-2)13(19)15-11-14(12(17)18)9-7-5-6-8-10-14/h3-11H2,1-2H3,(H,15,19)(H,17,18). The third-order valence-corrected chi connectivity index (χ3v) is 4.14. The topological polar surface area (TPSA) is 69.6 Å². The van der Waals surface area contributed by atoms with Gasteiger partial charge in [0, 0.05) is 19.6 Å². The lowest BCUT2D eigenvalue weighted by Crippen LogP contribution is -2.47. The molecule has 0 spiro atoms. The molecule has 2 N–H and O–H groups in total. The lowest BCUT2D eigenvalue weighted by molar-refractivity contribution is -0.149. The molecule has 0 saturated heterocycles. The minimum absolute atomic E-state index is 0.158. The van der Waals surface area contributed by atoms with Crippen LogP contribution in [0.4, 0.5) is 4.79 Å². The summed E-state index contributed by atoms with van der Waals surface area (Å²) in [6, 6.07) is -0.158. The SMILES string of the molecule is CCN(CC)C(=O)NCC1(C(=O)O)CCCCCC1. The van der Waals surface area contributed by atoms with Crippen LogP contribution in [0.1, 0.15) is 52.4 Å². The quantitative estimate of drug-likeness (QED) is 0.754. The van der Waals surface area contributed by atoms with Gasteiger partial charge in [-0.05, 0) is 26.7 Å². The van der Waals surface area contributed by atoms with E-state index in [1.165, 1.54) is 0 Å². The summed E-state index contributed by atoms with van der Waals surface area (Å²) in [4.78, 5) is 25.2. The number of nitrogens with one attached hydrogen (secondary N) is 1. The Morgan fingerprint density at radius 3 is 2.05 bits per heavy atom. The van der Waals surface area contributed by atoms with E-state index in [1.54, 1.807) is 4.90 Å². The lowest BCUT2D eigenvalue weighted by Gasteiger charge is -2.29. The van der Waals surface area contributed by atoms with Crippen molar-refractivity contribution in [2.75, 3.05) is 19.6 Å². The molecule has 5 nitrogen and oxygen atoms in total. The molecular formula is C14H26N2O3. The van der Waals surface area contributed by atoms with Gasteiger partial charge in [0.15, 0.2) is 0 Å². The van der Waals surface area contributed by atoms with Crippen LogP contribution in [-0.4, -0.2) is 41.6 Å². The molecule has 5 heteroatoms. The Balaban J connectivity index is 2.63. The van der Waals surface area contributed by atoms with Crippen LogP contribution in [0.25, 0.3) is 0 Å². The Bertz CT molecular complexity index is 306. The van der Waals surface area contributed by atoms with Crippen molar-refractivity contribution in [1.82, 2.24) is 10.2 Å². The van der Waals surface area contributed by atoms with Crippen molar-refractivity contribution in [3.8, 4) is 0 Å². The largest absolute Gasteiger partial charge is 0.481 e. The lowest BCUT2D eigenvalue weighted by atomic mass is 9.80. The van der Waals surface area contributed by atoms with Crippen LogP contribution in [0.5, 0.6) is 0 Å². The van der Waals surface area contributed by atoms with Crippen LogP contribution in [-0.2, 0) is 4.79 Å². The van der Waals surface area contributed by atoms with Gasteiger partial charge in [-0.15, -0.1) is 0 Å². The summed E-state index contributed by atoms with van der Waals surface area (Å²) in [6.07, 6.45) is 5.40. The molecule has 110 valence electrons. The van der Waals surface area contributed by atoms with Gasteiger partial charge < -0.3 is 15.3 Å². The molecule has 0 bridgehead atoms. The van der Waals surface area contributed by atoms with E-state index in [-0.39, 0.29) is 12.6 Å². The molecule has 1 aliphatic carbocycles. The molecule has 1 fully saturated rings. The Labute approximate surface area is 115 Å². The number of urea groups is 1. The zero-order chi connectivity index (χ0) is 14.3. The summed E-state index contributed by atoms with van der Waals surface area (Å²) < 4.78 is 0. The fourth-order valence-corrected chi connectivity index (χ4v) is 2.74. The van der Waals surface area contributed by atoms with Gasteiger partial charge in [-0.3, -0.25) is 4.79 Å². The van der Waals surface area contributed by atoms with Gasteiger partial charge in [0.1, 0.15) is 0 Å². The number of rotatable bonds is 5. The summed E-state index contributed by atoms with van der Waals surface area (Å²) in [5, 5.41) is 12.3. The number of amides is 2. The number of hydrogen-bond donors (Lipinski definition) is 2. The Hall–Kier alpha value is -1.26. The van der Waals surface area contributed by atoms with E-state index in [1.807, 2.05) is 13.8 Å². The van der Waals surface area contributed by atoms with Crippen LogP contribution in [0.2, 0.25) is 0 Å². The monoisotopic (exact) mass is 270 g/mol. The molecule has 0 radical (unpaired) electrons. The average Bonchev–Trinajstić information content (AvgIpc) is 2.64. The molecule has 0 atom stereocenters. The summed E-state index contributed by atoms with van der Waals surface area (Å²) in [6.45, 7) is 5.37. The van der Waals surface area contributed by atoms with Crippen molar-refractivity contribution in [2.45, 2.75) is 52.4 Å². The molecule has 0 aromatic carbocycles. The number of carboxylic acids is 1. The molecule has 19 heavy (non-hydrogen) atoms. The Kier molecular flexibility index (Phi) is 6.12. The molecule has 1 saturated carbocycles. The summed E-state index contributed by atoms with van der Waals surface area (Å²) in [5.41, 5.74) is -0.765. The normalized spacial score (nSPS) is 18.4. The fraction of sp³-hybridized carbons (Fsp3) is 0.857. The number of aliphatic carboxylic acids is 1. The van der Waals surface area contributed by atoms with Gasteiger partial charge in [0.2, 0.25) is 0 Å². The second kappa shape index (κ2) is 7.36. The van der Waals surface area contributed by atoms with Crippen LogP contribution < -0.4 is 5.32 Å². The molecule has 0 aromatic heterocycles. The zero-order valence-corrected chi connectivity index (χ0v) is 12.1. The number of carbonyl (C=O) groups is 2. The van der Waals surface area contributed by atoms with E-state index < -0.39 is 11.4 Å². The number of carbonyl (C=O) groups excluding carboxylic acids is 1. The van der Waals surface area contributed by atoms with Crippen molar-refractivity contribution in [1.29, 1.82) is 0 Å². The first-order valence-electron chi connectivity index (χ1n) is 7.32. The van der Waals surface area contributed by atoms with E-state index in [0.29, 0.717) is 25.9 Å². The van der Waals surface area contributed by atoms with Crippen LogP contribution in [0, 0.1) is 5.41 Å². The fourth-order valence-electron chi connectivity index (χ4n) is 2.74. The van der Waals surface area contributed by atoms with Crippen LogP contribution in [0.3, 0.4) is 0 Å². The summed E-state index contributed by atoms with van der Waals surface area (Å²) in [5.74, 6) is -0.769. The average molecular weight is 270 g/mol. The number of hydrogen-bond acceptors (Lipinski definition) is 2. The van der Waals surface area contributed by atoms with Gasteiger partial charge in [-0.25, -0.2) is 4.79 Å². The smallest absolute Gasteiger partial charge is 0.317 e. The molecule has 2 amide bonds. The maximum Gasteiger partial charge on any atom is 0.317 e. The maximum absolute atomic E-state index is 11.9. The van der Waals surface area contributed by atoms with E-state index in [0.717, 1.165) is 25.7 Å². The summed E-state index contributed by atoms with van der Waals surface area (Å²) in [7, 11) is 0. The second-order valence-corrected chi connectivity index (χ2v) is 5.33.